The van der Waals surface area contributed by atoms with Crippen molar-refractivity contribution in [3.8, 4) is 0 Å². The maximum absolute atomic E-state index is 12.6. The molecule has 0 aromatic carbocycles. The first-order valence-electron chi connectivity index (χ1n) is 17.2. The molecule has 1 N–H and O–H groups in total. The Balaban J connectivity index is 1.13. The first kappa shape index (κ1) is 33.4. The summed E-state index contributed by atoms with van der Waals surface area (Å²) in [5.41, 5.74) is 0.294. The van der Waals surface area contributed by atoms with Crippen molar-refractivity contribution in [3.05, 3.63) is 0 Å². The Bertz CT molecular complexity index is 675. The number of nitrogens with zero attached hydrogens (tertiary/aromatic N) is 1. The molecule has 0 aromatic rings. The highest BCUT2D eigenvalue weighted by Gasteiger charge is 2.51. The van der Waals surface area contributed by atoms with Gasteiger partial charge in [0.2, 0.25) is 0 Å². The van der Waals surface area contributed by atoms with Crippen LogP contribution in [0.25, 0.3) is 0 Å². The van der Waals surface area contributed by atoms with Crippen molar-refractivity contribution < 1.29 is 24.2 Å². The number of ether oxygens (including phenoxy) is 2. The Hall–Kier alpha value is -1.14. The molecule has 4 aliphatic rings. The van der Waals surface area contributed by atoms with Crippen molar-refractivity contribution in [1.82, 2.24) is 4.90 Å². The van der Waals surface area contributed by atoms with E-state index >= 15 is 0 Å². The van der Waals surface area contributed by atoms with Crippen molar-refractivity contribution in [2.24, 2.45) is 23.2 Å². The van der Waals surface area contributed by atoms with Crippen LogP contribution in [0.5, 0.6) is 0 Å². The molecule has 232 valence electrons. The molecule has 6 heteroatoms. The summed E-state index contributed by atoms with van der Waals surface area (Å²) in [6.45, 7) is 6.62. The second-order valence-corrected chi connectivity index (χ2v) is 13.6. The van der Waals surface area contributed by atoms with Crippen LogP contribution in [0.15, 0.2) is 0 Å². The molecule has 4 fully saturated rings. The van der Waals surface area contributed by atoms with Gasteiger partial charge in [-0.25, -0.2) is 0 Å². The number of carbonyl (C=O) groups excluding carboxylic acids is 2. The molecule has 0 spiro atoms. The molecule has 4 saturated carbocycles. The molecule has 0 unspecified atom stereocenters. The van der Waals surface area contributed by atoms with Crippen LogP contribution in [0.2, 0.25) is 0 Å². The minimum atomic E-state index is -0.0529. The van der Waals surface area contributed by atoms with Gasteiger partial charge in [0.25, 0.3) is 0 Å². The van der Waals surface area contributed by atoms with Crippen LogP contribution in [-0.2, 0) is 19.1 Å². The van der Waals surface area contributed by atoms with Gasteiger partial charge in [-0.2, -0.15) is 0 Å². The quantitative estimate of drug-likeness (QED) is 0.0971. The molecule has 0 atom stereocenters. The lowest BCUT2D eigenvalue weighted by Gasteiger charge is -2.56. The number of aliphatic hydroxyl groups is 1. The Kier molecular flexibility index (Phi) is 16.0. The van der Waals surface area contributed by atoms with Crippen molar-refractivity contribution >= 4 is 11.9 Å². The topological polar surface area (TPSA) is 76.1 Å². The van der Waals surface area contributed by atoms with Crippen LogP contribution in [0, 0.1) is 23.2 Å². The molecule has 4 rings (SSSR count). The van der Waals surface area contributed by atoms with E-state index in [0.717, 1.165) is 75.9 Å². The van der Waals surface area contributed by atoms with E-state index < -0.39 is 0 Å². The standard InChI is InChI=1S/C34H61NO5/c1-2-20-39-32(37)15-10-6-5-8-12-17-35(18-14-19-36)16-11-7-3-4-9-13-21-40-33(38)28-34-25-29-22-30(26-34)24-31(23-29)27-34/h29-31,36H,2-28H2,1H3. The van der Waals surface area contributed by atoms with Gasteiger partial charge < -0.3 is 19.5 Å². The Labute approximate surface area is 245 Å². The zero-order valence-corrected chi connectivity index (χ0v) is 25.9. The minimum absolute atomic E-state index is 0.0529. The summed E-state index contributed by atoms with van der Waals surface area (Å²) in [5, 5.41) is 9.27. The van der Waals surface area contributed by atoms with Gasteiger partial charge in [0.15, 0.2) is 0 Å². The largest absolute Gasteiger partial charge is 0.466 e. The molecule has 0 aliphatic heterocycles. The molecular weight excluding hydrogens is 502 g/mol. The Morgan fingerprint density at radius 1 is 0.675 bits per heavy atom. The minimum Gasteiger partial charge on any atom is -0.466 e. The summed E-state index contributed by atoms with van der Waals surface area (Å²) in [6.07, 6.45) is 23.7. The second kappa shape index (κ2) is 19.1. The summed E-state index contributed by atoms with van der Waals surface area (Å²) < 4.78 is 10.8. The Morgan fingerprint density at radius 3 is 1.75 bits per heavy atom. The summed E-state index contributed by atoms with van der Waals surface area (Å²) >= 11 is 0. The number of esters is 2. The fourth-order valence-corrected chi connectivity index (χ4v) is 8.25. The summed E-state index contributed by atoms with van der Waals surface area (Å²) in [4.78, 5) is 26.6. The lowest BCUT2D eigenvalue weighted by Crippen LogP contribution is -2.47. The zero-order valence-electron chi connectivity index (χ0n) is 25.9. The van der Waals surface area contributed by atoms with E-state index in [4.69, 9.17) is 9.47 Å². The highest BCUT2D eigenvalue weighted by molar-refractivity contribution is 5.70. The number of hydrogen-bond acceptors (Lipinski definition) is 6. The lowest BCUT2D eigenvalue weighted by atomic mass is 9.49. The number of carbonyl (C=O) groups is 2. The third-order valence-electron chi connectivity index (χ3n) is 9.77. The molecule has 4 bridgehead atoms. The molecule has 0 radical (unpaired) electrons. The van der Waals surface area contributed by atoms with E-state index in [1.54, 1.807) is 0 Å². The van der Waals surface area contributed by atoms with Crippen LogP contribution in [0.3, 0.4) is 0 Å². The molecular formula is C34H61NO5. The molecule has 0 heterocycles. The second-order valence-electron chi connectivity index (χ2n) is 13.6. The zero-order chi connectivity index (χ0) is 28.5. The van der Waals surface area contributed by atoms with Gasteiger partial charge in [-0.15, -0.1) is 0 Å². The Morgan fingerprint density at radius 2 is 1.18 bits per heavy atom. The van der Waals surface area contributed by atoms with Gasteiger partial charge in [0.05, 0.1) is 19.6 Å². The van der Waals surface area contributed by atoms with E-state index in [2.05, 4.69) is 4.90 Å². The lowest BCUT2D eigenvalue weighted by molar-refractivity contribution is -0.152. The van der Waals surface area contributed by atoms with E-state index in [0.29, 0.717) is 31.5 Å². The number of aliphatic hydroxyl groups excluding tert-OH is 1. The third-order valence-corrected chi connectivity index (χ3v) is 9.77. The summed E-state index contributed by atoms with van der Waals surface area (Å²) in [6, 6.07) is 0. The van der Waals surface area contributed by atoms with Crippen molar-refractivity contribution in [3.63, 3.8) is 0 Å². The summed E-state index contributed by atoms with van der Waals surface area (Å²) in [7, 11) is 0. The number of rotatable bonds is 24. The smallest absolute Gasteiger partial charge is 0.306 e. The van der Waals surface area contributed by atoms with E-state index in [1.165, 1.54) is 83.5 Å². The first-order chi connectivity index (χ1) is 19.5. The normalized spacial score (nSPS) is 25.0. The van der Waals surface area contributed by atoms with Crippen molar-refractivity contribution in [1.29, 1.82) is 0 Å². The molecule has 40 heavy (non-hydrogen) atoms. The fraction of sp³-hybridized carbons (Fsp3) is 0.941. The molecule has 0 aromatic heterocycles. The van der Waals surface area contributed by atoms with Crippen LogP contribution in [0.1, 0.15) is 142 Å². The number of hydrogen-bond donors (Lipinski definition) is 1. The maximum Gasteiger partial charge on any atom is 0.306 e. The molecule has 4 aliphatic carbocycles. The fourth-order valence-electron chi connectivity index (χ4n) is 8.25. The van der Waals surface area contributed by atoms with Crippen molar-refractivity contribution in [2.75, 3.05) is 39.5 Å². The van der Waals surface area contributed by atoms with Gasteiger partial charge in [-0.1, -0.05) is 51.9 Å². The molecule has 6 nitrogen and oxygen atoms in total. The first-order valence-corrected chi connectivity index (χ1v) is 17.2. The van der Waals surface area contributed by atoms with Crippen LogP contribution < -0.4 is 0 Å². The van der Waals surface area contributed by atoms with Crippen LogP contribution in [-0.4, -0.2) is 61.4 Å². The van der Waals surface area contributed by atoms with Crippen LogP contribution >= 0.6 is 0 Å². The third kappa shape index (κ3) is 12.8. The highest BCUT2D eigenvalue weighted by atomic mass is 16.5. The van der Waals surface area contributed by atoms with E-state index in [1.807, 2.05) is 6.92 Å². The van der Waals surface area contributed by atoms with E-state index in [9.17, 15) is 14.7 Å². The van der Waals surface area contributed by atoms with Gasteiger partial charge in [-0.3, -0.25) is 9.59 Å². The number of unbranched alkanes of at least 4 members (excludes halogenated alkanes) is 9. The average Bonchev–Trinajstić information content (AvgIpc) is 2.91. The SMILES string of the molecule is CCCOC(=O)CCCCCCCN(CCCO)CCCCCCCCOC(=O)CC12CC3CC(CC(C3)C1)C2. The average molecular weight is 564 g/mol. The predicted octanol–water partition coefficient (Wildman–Crippen LogP) is 7.45. The van der Waals surface area contributed by atoms with E-state index in [-0.39, 0.29) is 18.5 Å². The van der Waals surface area contributed by atoms with Gasteiger partial charge in [0.1, 0.15) is 0 Å². The molecule has 0 saturated heterocycles. The van der Waals surface area contributed by atoms with Gasteiger partial charge in [0, 0.05) is 19.6 Å². The summed E-state index contributed by atoms with van der Waals surface area (Å²) in [5.74, 6) is 2.70. The molecule has 0 amide bonds. The predicted molar refractivity (Wildman–Crippen MR) is 161 cm³/mol. The monoisotopic (exact) mass is 563 g/mol. The van der Waals surface area contributed by atoms with Gasteiger partial charge in [-0.05, 0) is 113 Å². The maximum atomic E-state index is 12.6. The van der Waals surface area contributed by atoms with Crippen LogP contribution in [0.4, 0.5) is 0 Å². The van der Waals surface area contributed by atoms with Gasteiger partial charge >= 0.3 is 11.9 Å². The van der Waals surface area contributed by atoms with Crippen molar-refractivity contribution in [2.45, 2.75) is 142 Å². The highest BCUT2D eigenvalue weighted by Crippen LogP contribution is 2.61.